The average Bonchev–Trinajstić information content (AvgIpc) is 2.42. The van der Waals surface area contributed by atoms with Crippen LogP contribution < -0.4 is 5.73 Å². The number of rotatable bonds is 3. The highest BCUT2D eigenvalue weighted by atomic mass is 15.1. The SMILES string of the molecule is CCC1(C)CCN(Cc2ncc(C)c(N)c2C)CC1. The summed E-state index contributed by atoms with van der Waals surface area (Å²) in [6.45, 7) is 12.1. The summed E-state index contributed by atoms with van der Waals surface area (Å²) in [5.41, 5.74) is 10.9. The number of nitrogen functional groups attached to an aromatic ring is 1. The van der Waals surface area contributed by atoms with Gasteiger partial charge in [-0.1, -0.05) is 20.3 Å². The number of hydrogen-bond donors (Lipinski definition) is 1. The number of nitrogens with two attached hydrogens (primary N) is 1. The Hall–Kier alpha value is -1.09. The molecule has 0 saturated carbocycles. The molecule has 0 atom stereocenters. The molecule has 3 heteroatoms. The number of piperidine rings is 1. The summed E-state index contributed by atoms with van der Waals surface area (Å²) < 4.78 is 0. The van der Waals surface area contributed by atoms with E-state index in [0.29, 0.717) is 5.41 Å². The fraction of sp³-hybridized carbons (Fsp3) is 0.688. The van der Waals surface area contributed by atoms with Crippen molar-refractivity contribution in [3.63, 3.8) is 0 Å². The molecule has 1 saturated heterocycles. The minimum atomic E-state index is 0.547. The van der Waals surface area contributed by atoms with Gasteiger partial charge in [0.2, 0.25) is 0 Å². The van der Waals surface area contributed by atoms with Gasteiger partial charge in [-0.2, -0.15) is 0 Å². The van der Waals surface area contributed by atoms with E-state index in [-0.39, 0.29) is 0 Å². The van der Waals surface area contributed by atoms with Crippen LogP contribution >= 0.6 is 0 Å². The summed E-state index contributed by atoms with van der Waals surface area (Å²) in [4.78, 5) is 7.08. The molecular weight excluding hydrogens is 234 g/mol. The molecule has 1 aromatic rings. The Morgan fingerprint density at radius 2 is 1.95 bits per heavy atom. The molecule has 1 fully saturated rings. The van der Waals surface area contributed by atoms with Gasteiger partial charge in [0.15, 0.2) is 0 Å². The number of nitrogens with zero attached hydrogens (tertiary/aromatic N) is 2. The Morgan fingerprint density at radius 1 is 1.32 bits per heavy atom. The predicted octanol–water partition coefficient (Wildman–Crippen LogP) is 3.29. The zero-order valence-corrected chi connectivity index (χ0v) is 12.8. The molecule has 0 aromatic carbocycles. The van der Waals surface area contributed by atoms with Crippen molar-refractivity contribution >= 4 is 5.69 Å². The normalized spacial score (nSPS) is 19.6. The van der Waals surface area contributed by atoms with Gasteiger partial charge < -0.3 is 5.73 Å². The third-order valence-electron chi connectivity index (χ3n) is 4.97. The van der Waals surface area contributed by atoms with E-state index in [4.69, 9.17) is 5.73 Å². The van der Waals surface area contributed by atoms with Crippen LogP contribution in [0.1, 0.15) is 49.9 Å². The number of likely N-dealkylation sites (tertiary alicyclic amines) is 1. The quantitative estimate of drug-likeness (QED) is 0.908. The van der Waals surface area contributed by atoms with E-state index in [1.165, 1.54) is 32.4 Å². The number of anilines is 1. The van der Waals surface area contributed by atoms with Crippen LogP contribution in [0.3, 0.4) is 0 Å². The van der Waals surface area contributed by atoms with Crippen LogP contribution in [-0.4, -0.2) is 23.0 Å². The minimum Gasteiger partial charge on any atom is -0.398 e. The Morgan fingerprint density at radius 3 is 2.53 bits per heavy atom. The number of pyridine rings is 1. The van der Waals surface area contributed by atoms with Gasteiger partial charge in [-0.15, -0.1) is 0 Å². The molecule has 0 spiro atoms. The van der Waals surface area contributed by atoms with Crippen LogP contribution in [0.4, 0.5) is 5.69 Å². The lowest BCUT2D eigenvalue weighted by molar-refractivity contribution is 0.108. The monoisotopic (exact) mass is 261 g/mol. The Bertz CT molecular complexity index is 446. The fourth-order valence-electron chi connectivity index (χ4n) is 2.77. The molecule has 1 aromatic heterocycles. The van der Waals surface area contributed by atoms with Crippen molar-refractivity contribution in [1.29, 1.82) is 0 Å². The van der Waals surface area contributed by atoms with Gasteiger partial charge in [-0.3, -0.25) is 9.88 Å². The molecule has 2 heterocycles. The first-order valence-corrected chi connectivity index (χ1v) is 7.38. The summed E-state index contributed by atoms with van der Waals surface area (Å²) in [5, 5.41) is 0. The third kappa shape index (κ3) is 3.08. The van der Waals surface area contributed by atoms with Crippen LogP contribution in [0.15, 0.2) is 6.20 Å². The van der Waals surface area contributed by atoms with E-state index < -0.39 is 0 Å². The first-order valence-electron chi connectivity index (χ1n) is 7.38. The van der Waals surface area contributed by atoms with E-state index >= 15 is 0 Å². The number of aromatic nitrogens is 1. The predicted molar refractivity (Wildman–Crippen MR) is 81.0 cm³/mol. The lowest BCUT2D eigenvalue weighted by Crippen LogP contribution is -2.38. The Kier molecular flexibility index (Phi) is 4.14. The van der Waals surface area contributed by atoms with Crippen LogP contribution in [0, 0.1) is 19.3 Å². The number of aryl methyl sites for hydroxylation is 1. The molecule has 19 heavy (non-hydrogen) atoms. The second-order valence-corrected chi connectivity index (χ2v) is 6.37. The van der Waals surface area contributed by atoms with Crippen molar-refractivity contribution in [2.45, 2.75) is 53.5 Å². The lowest BCUT2D eigenvalue weighted by atomic mass is 9.78. The van der Waals surface area contributed by atoms with E-state index in [0.717, 1.165) is 29.1 Å². The van der Waals surface area contributed by atoms with Crippen LogP contribution in [0.25, 0.3) is 0 Å². The minimum absolute atomic E-state index is 0.547. The highest BCUT2D eigenvalue weighted by molar-refractivity contribution is 5.53. The maximum Gasteiger partial charge on any atom is 0.0593 e. The largest absolute Gasteiger partial charge is 0.398 e. The summed E-state index contributed by atoms with van der Waals surface area (Å²) in [5.74, 6) is 0. The molecule has 3 nitrogen and oxygen atoms in total. The van der Waals surface area contributed by atoms with Crippen LogP contribution in [-0.2, 0) is 6.54 Å². The van der Waals surface area contributed by atoms with Gasteiger partial charge >= 0.3 is 0 Å². The van der Waals surface area contributed by atoms with Crippen molar-refractivity contribution in [2.24, 2.45) is 5.41 Å². The molecule has 0 radical (unpaired) electrons. The lowest BCUT2D eigenvalue weighted by Gasteiger charge is -2.39. The van der Waals surface area contributed by atoms with Gasteiger partial charge in [-0.25, -0.2) is 0 Å². The highest BCUT2D eigenvalue weighted by Crippen LogP contribution is 2.34. The zero-order valence-electron chi connectivity index (χ0n) is 12.8. The van der Waals surface area contributed by atoms with Gasteiger partial charge in [0.25, 0.3) is 0 Å². The summed E-state index contributed by atoms with van der Waals surface area (Å²) in [7, 11) is 0. The second-order valence-electron chi connectivity index (χ2n) is 6.37. The van der Waals surface area contributed by atoms with Crippen molar-refractivity contribution in [3.8, 4) is 0 Å². The topological polar surface area (TPSA) is 42.2 Å². The standard InChI is InChI=1S/C16H27N3/c1-5-16(4)6-8-19(9-7-16)11-14-13(3)15(17)12(2)10-18-14/h10H,5-9,11H2,1-4H3,(H2,17,18). The molecule has 0 amide bonds. The molecule has 1 aliphatic heterocycles. The fourth-order valence-corrected chi connectivity index (χ4v) is 2.77. The van der Waals surface area contributed by atoms with E-state index in [1.54, 1.807) is 0 Å². The molecule has 2 N–H and O–H groups in total. The molecule has 0 bridgehead atoms. The van der Waals surface area contributed by atoms with Crippen LogP contribution in [0.2, 0.25) is 0 Å². The summed E-state index contributed by atoms with van der Waals surface area (Å²) in [6, 6.07) is 0. The van der Waals surface area contributed by atoms with Gasteiger partial charge in [0, 0.05) is 18.4 Å². The van der Waals surface area contributed by atoms with E-state index in [2.05, 4.69) is 30.7 Å². The zero-order chi connectivity index (χ0) is 14.0. The maximum absolute atomic E-state index is 6.09. The average molecular weight is 261 g/mol. The van der Waals surface area contributed by atoms with Gasteiger partial charge in [0.05, 0.1) is 5.69 Å². The van der Waals surface area contributed by atoms with Crippen molar-refractivity contribution in [2.75, 3.05) is 18.8 Å². The van der Waals surface area contributed by atoms with Crippen molar-refractivity contribution < 1.29 is 0 Å². The molecule has 0 aliphatic carbocycles. The Labute approximate surface area is 117 Å². The number of hydrogen-bond acceptors (Lipinski definition) is 3. The Balaban J connectivity index is 2.02. The molecule has 1 aliphatic rings. The highest BCUT2D eigenvalue weighted by Gasteiger charge is 2.28. The van der Waals surface area contributed by atoms with Gasteiger partial charge in [-0.05, 0) is 56.3 Å². The smallest absolute Gasteiger partial charge is 0.0593 e. The third-order valence-corrected chi connectivity index (χ3v) is 4.97. The van der Waals surface area contributed by atoms with E-state index in [9.17, 15) is 0 Å². The molecule has 0 unspecified atom stereocenters. The van der Waals surface area contributed by atoms with E-state index in [1.807, 2.05) is 13.1 Å². The van der Waals surface area contributed by atoms with Crippen molar-refractivity contribution in [1.82, 2.24) is 9.88 Å². The van der Waals surface area contributed by atoms with Crippen molar-refractivity contribution in [3.05, 3.63) is 23.0 Å². The summed E-state index contributed by atoms with van der Waals surface area (Å²) in [6.07, 6.45) is 5.78. The maximum atomic E-state index is 6.09. The second kappa shape index (κ2) is 5.49. The molecule has 2 rings (SSSR count). The van der Waals surface area contributed by atoms with Crippen LogP contribution in [0.5, 0.6) is 0 Å². The molecular formula is C16H27N3. The van der Waals surface area contributed by atoms with Gasteiger partial charge in [0.1, 0.15) is 0 Å². The molecule has 106 valence electrons. The summed E-state index contributed by atoms with van der Waals surface area (Å²) >= 11 is 0. The first kappa shape index (κ1) is 14.3. The first-order chi connectivity index (χ1) is 8.95.